The van der Waals surface area contributed by atoms with Crippen LogP contribution < -0.4 is 5.32 Å². The molecule has 5 heteroatoms. The van der Waals surface area contributed by atoms with Crippen molar-refractivity contribution in [3.63, 3.8) is 0 Å². The zero-order chi connectivity index (χ0) is 33.0. The van der Waals surface area contributed by atoms with Crippen LogP contribution in [0, 0.1) is 0 Å². The van der Waals surface area contributed by atoms with Crippen LogP contribution >= 0.6 is 0 Å². The molecule has 7 aromatic carbocycles. The molecule has 0 saturated heterocycles. The van der Waals surface area contributed by atoms with Crippen LogP contribution in [0.1, 0.15) is 22.9 Å². The zero-order valence-corrected chi connectivity index (χ0v) is 27.0. The molecule has 5 nitrogen and oxygen atoms in total. The van der Waals surface area contributed by atoms with Gasteiger partial charge in [0.05, 0.1) is 11.0 Å². The number of aliphatic imine (C=N–C) groups is 2. The first-order valence-corrected chi connectivity index (χ1v) is 16.9. The first-order chi connectivity index (χ1) is 24.8. The predicted octanol–water partition coefficient (Wildman–Crippen LogP) is 10.8. The molecule has 0 spiro atoms. The highest BCUT2D eigenvalue weighted by Crippen LogP contribution is 2.40. The van der Waals surface area contributed by atoms with Gasteiger partial charge in [-0.3, -0.25) is 0 Å². The summed E-state index contributed by atoms with van der Waals surface area (Å²) in [5.41, 5.74) is 10.5. The van der Waals surface area contributed by atoms with Gasteiger partial charge in [-0.2, -0.15) is 0 Å². The van der Waals surface area contributed by atoms with Gasteiger partial charge in [-0.05, 0) is 47.5 Å². The predicted molar refractivity (Wildman–Crippen MR) is 205 cm³/mol. The summed E-state index contributed by atoms with van der Waals surface area (Å²) in [5.74, 6) is 1.58. The molecule has 0 atom stereocenters. The number of hydrogen-bond donors (Lipinski definition) is 1. The standard InChI is InChI=1S/C45H30N4O/c1-4-13-29(14-5-1)34-20-12-22-39-42(34)36-19-10-11-21-38(36)49(39)33-24-26-40-37(28-33)35-25-23-32(27-41(35)50-40)45-47-43(30-15-6-2-7-16-30)46-44(48-45)31-17-8-3-9-18-31/h1-28,45H,(H,46,47,48). The molecule has 1 N–H and O–H groups in total. The van der Waals surface area contributed by atoms with Crippen LogP contribution in [0.5, 0.6) is 0 Å². The van der Waals surface area contributed by atoms with E-state index >= 15 is 0 Å². The number of para-hydroxylation sites is 1. The maximum absolute atomic E-state index is 6.51. The van der Waals surface area contributed by atoms with Gasteiger partial charge in [0, 0.05) is 43.9 Å². The monoisotopic (exact) mass is 642 g/mol. The highest BCUT2D eigenvalue weighted by Gasteiger charge is 2.22. The van der Waals surface area contributed by atoms with E-state index in [-0.39, 0.29) is 0 Å². The average Bonchev–Trinajstić information content (AvgIpc) is 3.73. The second-order valence-electron chi connectivity index (χ2n) is 12.6. The number of amidine groups is 2. The highest BCUT2D eigenvalue weighted by molar-refractivity contribution is 6.17. The summed E-state index contributed by atoms with van der Waals surface area (Å²) in [6.07, 6.45) is -0.425. The Labute approximate surface area is 288 Å². The number of hydrogen-bond acceptors (Lipinski definition) is 4. The molecule has 0 unspecified atom stereocenters. The second kappa shape index (κ2) is 11.5. The van der Waals surface area contributed by atoms with Crippen LogP contribution in [0.3, 0.4) is 0 Å². The molecule has 3 heterocycles. The molecule has 2 aromatic heterocycles. The smallest absolute Gasteiger partial charge is 0.169 e. The molecular formula is C45H30N4O. The Kier molecular flexibility index (Phi) is 6.49. The van der Waals surface area contributed by atoms with Crippen molar-refractivity contribution in [3.05, 3.63) is 187 Å². The summed E-state index contributed by atoms with van der Waals surface area (Å²) >= 11 is 0. The molecule has 0 radical (unpaired) electrons. The van der Waals surface area contributed by atoms with Gasteiger partial charge in [0.25, 0.3) is 0 Å². The van der Waals surface area contributed by atoms with Gasteiger partial charge in [0.15, 0.2) is 6.17 Å². The van der Waals surface area contributed by atoms with Crippen LogP contribution in [-0.2, 0) is 0 Å². The average molecular weight is 643 g/mol. The van der Waals surface area contributed by atoms with Crippen LogP contribution in [0.15, 0.2) is 184 Å². The lowest BCUT2D eigenvalue weighted by atomic mass is 9.99. The van der Waals surface area contributed by atoms with Crippen molar-refractivity contribution in [1.29, 1.82) is 0 Å². The van der Waals surface area contributed by atoms with E-state index in [0.717, 1.165) is 56.0 Å². The highest BCUT2D eigenvalue weighted by atomic mass is 16.3. The number of aromatic nitrogens is 1. The minimum atomic E-state index is -0.425. The van der Waals surface area contributed by atoms with Crippen LogP contribution in [0.25, 0.3) is 60.6 Å². The van der Waals surface area contributed by atoms with Crippen molar-refractivity contribution >= 4 is 55.4 Å². The Morgan fingerprint density at radius 3 is 1.84 bits per heavy atom. The van der Waals surface area contributed by atoms with E-state index in [1.54, 1.807) is 0 Å². The summed E-state index contributed by atoms with van der Waals surface area (Å²) in [4.78, 5) is 10.1. The largest absolute Gasteiger partial charge is 0.456 e. The molecule has 50 heavy (non-hydrogen) atoms. The topological polar surface area (TPSA) is 54.8 Å². The van der Waals surface area contributed by atoms with Crippen molar-refractivity contribution in [2.24, 2.45) is 9.98 Å². The number of nitrogens with zero attached hydrogens (tertiary/aromatic N) is 3. The minimum Gasteiger partial charge on any atom is -0.456 e. The Balaban J connectivity index is 1.10. The summed E-state index contributed by atoms with van der Waals surface area (Å²) < 4.78 is 8.88. The lowest BCUT2D eigenvalue weighted by molar-refractivity contribution is 0.665. The van der Waals surface area contributed by atoms with Crippen molar-refractivity contribution in [2.45, 2.75) is 6.17 Å². The molecule has 0 aliphatic carbocycles. The minimum absolute atomic E-state index is 0.425. The third-order valence-electron chi connectivity index (χ3n) is 9.65. The lowest BCUT2D eigenvalue weighted by Crippen LogP contribution is -2.35. The number of rotatable bonds is 5. The molecule has 0 fully saturated rings. The molecular weight excluding hydrogens is 613 g/mol. The third-order valence-corrected chi connectivity index (χ3v) is 9.65. The molecule has 1 aliphatic heterocycles. The van der Waals surface area contributed by atoms with Gasteiger partial charge < -0.3 is 14.3 Å². The number of nitrogens with one attached hydrogen (secondary N) is 1. The number of furan rings is 1. The number of benzene rings is 7. The second-order valence-corrected chi connectivity index (χ2v) is 12.6. The van der Waals surface area contributed by atoms with Crippen molar-refractivity contribution in [2.75, 3.05) is 0 Å². The van der Waals surface area contributed by atoms with Crippen molar-refractivity contribution in [1.82, 2.24) is 9.88 Å². The van der Waals surface area contributed by atoms with Crippen molar-refractivity contribution in [3.8, 4) is 16.8 Å². The maximum Gasteiger partial charge on any atom is 0.169 e. The van der Waals surface area contributed by atoms with E-state index in [4.69, 9.17) is 14.4 Å². The van der Waals surface area contributed by atoms with Gasteiger partial charge in [-0.15, -0.1) is 0 Å². The molecule has 9 aromatic rings. The zero-order valence-electron chi connectivity index (χ0n) is 27.0. The van der Waals surface area contributed by atoms with Crippen LogP contribution in [-0.4, -0.2) is 16.2 Å². The lowest BCUT2D eigenvalue weighted by Gasteiger charge is -2.22. The van der Waals surface area contributed by atoms with Gasteiger partial charge in [0.1, 0.15) is 22.8 Å². The summed E-state index contributed by atoms with van der Waals surface area (Å²) in [6, 6.07) is 59.2. The third kappa shape index (κ3) is 4.63. The number of fused-ring (bicyclic) bond motifs is 6. The molecule has 1 aliphatic rings. The Hall–Kier alpha value is -6.72. The van der Waals surface area contributed by atoms with Gasteiger partial charge in [-0.1, -0.05) is 133 Å². The van der Waals surface area contributed by atoms with Gasteiger partial charge >= 0.3 is 0 Å². The molecule has 0 amide bonds. The Bertz CT molecular complexity index is 2720. The van der Waals surface area contributed by atoms with E-state index < -0.39 is 6.17 Å². The molecule has 236 valence electrons. The van der Waals surface area contributed by atoms with E-state index in [1.165, 1.54) is 32.9 Å². The molecule has 10 rings (SSSR count). The maximum atomic E-state index is 6.51. The van der Waals surface area contributed by atoms with E-state index in [9.17, 15) is 0 Å². The molecule has 0 bridgehead atoms. The van der Waals surface area contributed by atoms with E-state index in [2.05, 4.69) is 143 Å². The first-order valence-electron chi connectivity index (χ1n) is 16.9. The fraction of sp³-hybridized carbons (Fsp3) is 0.0222. The Morgan fingerprint density at radius 1 is 0.480 bits per heavy atom. The Morgan fingerprint density at radius 2 is 1.12 bits per heavy atom. The van der Waals surface area contributed by atoms with Gasteiger partial charge in [0.2, 0.25) is 0 Å². The summed E-state index contributed by atoms with van der Waals surface area (Å²) in [6.45, 7) is 0. The van der Waals surface area contributed by atoms with Crippen molar-refractivity contribution < 1.29 is 4.42 Å². The van der Waals surface area contributed by atoms with E-state index in [1.807, 2.05) is 36.4 Å². The summed E-state index contributed by atoms with van der Waals surface area (Å²) in [7, 11) is 0. The molecule has 0 saturated carbocycles. The van der Waals surface area contributed by atoms with E-state index in [0.29, 0.717) is 0 Å². The van der Waals surface area contributed by atoms with Gasteiger partial charge in [-0.25, -0.2) is 9.98 Å². The summed E-state index contributed by atoms with van der Waals surface area (Å²) in [5, 5.41) is 8.09. The fourth-order valence-electron chi connectivity index (χ4n) is 7.32. The quantitative estimate of drug-likeness (QED) is 0.203. The fourth-order valence-corrected chi connectivity index (χ4v) is 7.32. The SMILES string of the molecule is c1ccc(C2=NC(c3ccc4c(c3)oc3ccc(-n5c6ccccc6c6c(-c7ccccc7)cccc65)cc34)N=C(c3ccccc3)N2)cc1. The van der Waals surface area contributed by atoms with Crippen LogP contribution in [0.4, 0.5) is 0 Å². The normalized spacial score (nSPS) is 13.5. The first kappa shape index (κ1) is 28.3. The van der Waals surface area contributed by atoms with Crippen LogP contribution in [0.2, 0.25) is 0 Å².